The fourth-order valence-corrected chi connectivity index (χ4v) is 2.34. The molecular weight excluding hydrogens is 258 g/mol. The summed E-state index contributed by atoms with van der Waals surface area (Å²) >= 11 is 1.27. The number of rotatable bonds is 3. The zero-order chi connectivity index (χ0) is 12.7. The summed E-state index contributed by atoms with van der Waals surface area (Å²) in [7, 11) is 0. The van der Waals surface area contributed by atoms with E-state index in [1.165, 1.54) is 23.5 Å². The predicted molar refractivity (Wildman–Crippen MR) is 62.4 cm³/mol. The van der Waals surface area contributed by atoms with Gasteiger partial charge in [0.05, 0.1) is 6.07 Å². The van der Waals surface area contributed by atoms with Crippen molar-refractivity contribution in [2.24, 2.45) is 0 Å². The Morgan fingerprint density at radius 1 is 1.50 bits per heavy atom. The summed E-state index contributed by atoms with van der Waals surface area (Å²) in [6.07, 6.45) is 0.711. The summed E-state index contributed by atoms with van der Waals surface area (Å²) < 4.78 is 6.71. The van der Waals surface area contributed by atoms with Gasteiger partial charge in [0.25, 0.3) is 0 Å². The second kappa shape index (κ2) is 3.88. The Kier molecular flexibility index (Phi) is 2.33. The maximum Gasteiger partial charge on any atom is 0.433 e. The molecule has 0 unspecified atom stereocenters. The van der Waals surface area contributed by atoms with E-state index in [1.54, 1.807) is 4.52 Å². The van der Waals surface area contributed by atoms with Gasteiger partial charge in [0, 0.05) is 6.42 Å². The highest BCUT2D eigenvalue weighted by atomic mass is 32.1. The van der Waals surface area contributed by atoms with Crippen LogP contribution in [0.4, 0.5) is 5.88 Å². The molecule has 8 nitrogen and oxygen atoms in total. The maximum atomic E-state index is 10.5. The minimum atomic E-state index is -0.582. The molecule has 0 saturated carbocycles. The summed E-state index contributed by atoms with van der Waals surface area (Å²) in [5, 5.41) is 23.3. The van der Waals surface area contributed by atoms with E-state index in [1.807, 2.05) is 6.92 Å². The Morgan fingerprint density at radius 2 is 2.33 bits per heavy atom. The lowest BCUT2D eigenvalue weighted by Gasteiger charge is -1.88. The molecule has 0 N–H and O–H groups in total. The van der Waals surface area contributed by atoms with E-state index < -0.39 is 4.92 Å². The average Bonchev–Trinajstić information content (AvgIpc) is 3.02. The van der Waals surface area contributed by atoms with Gasteiger partial charge in [-0.2, -0.15) is 4.52 Å². The minimum absolute atomic E-state index is 0.299. The van der Waals surface area contributed by atoms with Gasteiger partial charge < -0.3 is 4.42 Å². The largest absolute Gasteiger partial charge is 0.433 e. The van der Waals surface area contributed by atoms with Gasteiger partial charge in [-0.3, -0.25) is 10.1 Å². The molecule has 0 radical (unpaired) electrons. The first kappa shape index (κ1) is 10.8. The number of nitrogens with zero attached hydrogens (tertiary/aromatic N) is 5. The van der Waals surface area contributed by atoms with Crippen LogP contribution >= 0.6 is 11.3 Å². The molecule has 3 aromatic rings. The Balaban J connectivity index is 2.07. The highest BCUT2D eigenvalue weighted by Gasteiger charge is 2.18. The van der Waals surface area contributed by atoms with Crippen molar-refractivity contribution in [3.05, 3.63) is 28.1 Å². The molecule has 3 rings (SSSR count). The number of furan rings is 1. The lowest BCUT2D eigenvalue weighted by molar-refractivity contribution is -0.401. The Labute approximate surface area is 104 Å². The molecule has 0 fully saturated rings. The molecule has 0 saturated heterocycles. The molecule has 0 spiro atoms. The van der Waals surface area contributed by atoms with Crippen molar-refractivity contribution in [3.63, 3.8) is 0 Å². The molecular formula is C9H7N5O3S. The summed E-state index contributed by atoms with van der Waals surface area (Å²) in [6.45, 7) is 1.95. The molecule has 0 aliphatic heterocycles. The van der Waals surface area contributed by atoms with Gasteiger partial charge in [0.15, 0.2) is 16.6 Å². The van der Waals surface area contributed by atoms with Crippen LogP contribution in [-0.4, -0.2) is 24.7 Å². The first-order valence-corrected chi connectivity index (χ1v) is 5.96. The zero-order valence-electron chi connectivity index (χ0n) is 9.23. The molecule has 0 bridgehead atoms. The van der Waals surface area contributed by atoms with E-state index in [9.17, 15) is 10.1 Å². The normalized spacial score (nSPS) is 11.2. The molecule has 0 aliphatic rings. The van der Waals surface area contributed by atoms with Crippen LogP contribution in [0.2, 0.25) is 0 Å². The Morgan fingerprint density at radius 3 is 3.00 bits per heavy atom. The van der Waals surface area contributed by atoms with Gasteiger partial charge >= 0.3 is 5.88 Å². The monoisotopic (exact) mass is 265 g/mol. The van der Waals surface area contributed by atoms with Gasteiger partial charge in [-0.05, 0) is 6.07 Å². The molecule has 0 aliphatic carbocycles. The first-order valence-electron chi connectivity index (χ1n) is 5.14. The number of aryl methyl sites for hydroxylation is 1. The number of hydrogen-bond donors (Lipinski definition) is 0. The molecule has 3 aromatic heterocycles. The van der Waals surface area contributed by atoms with Crippen LogP contribution in [0, 0.1) is 10.1 Å². The molecule has 9 heteroatoms. The van der Waals surface area contributed by atoms with Crippen molar-refractivity contribution in [3.8, 4) is 10.8 Å². The second-order valence-electron chi connectivity index (χ2n) is 3.47. The summed E-state index contributed by atoms with van der Waals surface area (Å²) in [5.41, 5.74) is 0. The molecule has 92 valence electrons. The van der Waals surface area contributed by atoms with Gasteiger partial charge in [0.1, 0.15) is 4.92 Å². The highest BCUT2D eigenvalue weighted by molar-refractivity contribution is 7.19. The standard InChI is InChI=1S/C9H7N5O3S/c1-2-6-10-11-9-13(6)12-8(18-9)5-3-4-7(17-5)14(15)16/h3-4H,2H2,1H3. The van der Waals surface area contributed by atoms with Crippen LogP contribution in [0.3, 0.4) is 0 Å². The molecule has 0 amide bonds. The smallest absolute Gasteiger partial charge is 0.398 e. The highest BCUT2D eigenvalue weighted by Crippen LogP contribution is 2.29. The molecule has 0 aromatic carbocycles. The number of fused-ring (bicyclic) bond motifs is 1. The summed E-state index contributed by atoms with van der Waals surface area (Å²) in [6, 6.07) is 2.83. The fourth-order valence-electron chi connectivity index (χ4n) is 1.52. The quantitative estimate of drug-likeness (QED) is 0.529. The lowest BCUT2D eigenvalue weighted by Crippen LogP contribution is -1.92. The minimum Gasteiger partial charge on any atom is -0.398 e. The van der Waals surface area contributed by atoms with E-state index in [2.05, 4.69) is 15.3 Å². The van der Waals surface area contributed by atoms with E-state index in [0.29, 0.717) is 22.1 Å². The van der Waals surface area contributed by atoms with Crippen molar-refractivity contribution in [2.75, 3.05) is 0 Å². The van der Waals surface area contributed by atoms with Crippen molar-refractivity contribution < 1.29 is 9.34 Å². The van der Waals surface area contributed by atoms with Gasteiger partial charge in [0.2, 0.25) is 4.96 Å². The molecule has 18 heavy (non-hydrogen) atoms. The van der Waals surface area contributed by atoms with Crippen LogP contribution in [0.15, 0.2) is 16.5 Å². The zero-order valence-corrected chi connectivity index (χ0v) is 10.0. The maximum absolute atomic E-state index is 10.5. The molecule has 3 heterocycles. The summed E-state index contributed by atoms with van der Waals surface area (Å²) in [5.74, 6) is 0.805. The van der Waals surface area contributed by atoms with Crippen LogP contribution in [-0.2, 0) is 6.42 Å². The lowest BCUT2D eigenvalue weighted by atomic mass is 10.5. The van der Waals surface area contributed by atoms with Gasteiger partial charge in [-0.15, -0.1) is 15.3 Å². The van der Waals surface area contributed by atoms with E-state index in [-0.39, 0.29) is 5.88 Å². The van der Waals surface area contributed by atoms with Gasteiger partial charge in [-0.1, -0.05) is 18.3 Å². The van der Waals surface area contributed by atoms with Crippen molar-refractivity contribution in [1.29, 1.82) is 0 Å². The van der Waals surface area contributed by atoms with E-state index in [0.717, 1.165) is 5.82 Å². The van der Waals surface area contributed by atoms with Crippen molar-refractivity contribution in [2.45, 2.75) is 13.3 Å². The van der Waals surface area contributed by atoms with Crippen molar-refractivity contribution in [1.82, 2.24) is 19.8 Å². The van der Waals surface area contributed by atoms with Crippen LogP contribution in [0.5, 0.6) is 0 Å². The average molecular weight is 265 g/mol. The number of aromatic nitrogens is 4. The topological polar surface area (TPSA) is 99.4 Å². The predicted octanol–water partition coefficient (Wildman–Crippen LogP) is 1.92. The van der Waals surface area contributed by atoms with Crippen LogP contribution < -0.4 is 0 Å². The van der Waals surface area contributed by atoms with Gasteiger partial charge in [-0.25, -0.2) is 0 Å². The molecule has 0 atom stereocenters. The Hall–Kier alpha value is -2.29. The third-order valence-corrected chi connectivity index (χ3v) is 3.27. The summed E-state index contributed by atoms with van der Waals surface area (Å²) in [4.78, 5) is 10.6. The van der Waals surface area contributed by atoms with Crippen molar-refractivity contribution >= 4 is 22.2 Å². The SMILES string of the molecule is CCc1nnc2sc(-c3ccc([N+](=O)[O-])o3)nn12. The number of nitro groups is 1. The Bertz CT molecular complexity index is 728. The first-order chi connectivity index (χ1) is 8.69. The third kappa shape index (κ3) is 1.56. The number of hydrogen-bond acceptors (Lipinski definition) is 7. The van der Waals surface area contributed by atoms with E-state index >= 15 is 0 Å². The third-order valence-electron chi connectivity index (χ3n) is 2.35. The fraction of sp³-hybridized carbons (Fsp3) is 0.222. The van der Waals surface area contributed by atoms with Crippen LogP contribution in [0.1, 0.15) is 12.7 Å². The second-order valence-corrected chi connectivity index (χ2v) is 4.42. The van der Waals surface area contributed by atoms with Crippen LogP contribution in [0.25, 0.3) is 15.7 Å². The van der Waals surface area contributed by atoms with E-state index in [4.69, 9.17) is 4.42 Å².